The SMILES string of the molecule is CCc1ccc(-c2nc(S[C@H](C)C(=O)N3CCCC3)n[nH]2)cc1. The van der Waals surface area contributed by atoms with Crippen LogP contribution < -0.4 is 0 Å². The topological polar surface area (TPSA) is 61.9 Å². The number of H-pyrrole nitrogens is 1. The molecule has 0 saturated carbocycles. The van der Waals surface area contributed by atoms with Gasteiger partial charge in [-0.05, 0) is 31.7 Å². The second kappa shape index (κ2) is 7.17. The van der Waals surface area contributed by atoms with Gasteiger partial charge in [0.2, 0.25) is 11.1 Å². The van der Waals surface area contributed by atoms with Gasteiger partial charge in [-0.2, -0.15) is 0 Å². The molecule has 1 aromatic heterocycles. The second-order valence-corrected chi connectivity index (χ2v) is 7.12. The summed E-state index contributed by atoms with van der Waals surface area (Å²) >= 11 is 1.42. The Hall–Kier alpha value is -1.82. The minimum Gasteiger partial charge on any atom is -0.342 e. The van der Waals surface area contributed by atoms with Crippen LogP contribution in [0.4, 0.5) is 0 Å². The van der Waals surface area contributed by atoms with Crippen LogP contribution in [-0.2, 0) is 11.2 Å². The average molecular weight is 330 g/mol. The number of rotatable bonds is 5. The first-order valence-corrected chi connectivity index (χ1v) is 9.02. The van der Waals surface area contributed by atoms with Crippen LogP contribution in [0.25, 0.3) is 11.4 Å². The summed E-state index contributed by atoms with van der Waals surface area (Å²) in [7, 11) is 0. The van der Waals surface area contributed by atoms with E-state index >= 15 is 0 Å². The average Bonchev–Trinajstić information content (AvgIpc) is 3.26. The van der Waals surface area contributed by atoms with Crippen molar-refractivity contribution in [3.63, 3.8) is 0 Å². The smallest absolute Gasteiger partial charge is 0.235 e. The largest absolute Gasteiger partial charge is 0.342 e. The molecular weight excluding hydrogens is 308 g/mol. The molecule has 1 saturated heterocycles. The molecule has 1 aliphatic heterocycles. The molecular formula is C17H22N4OS. The van der Waals surface area contributed by atoms with E-state index in [4.69, 9.17) is 0 Å². The summed E-state index contributed by atoms with van der Waals surface area (Å²) in [5.74, 6) is 0.933. The van der Waals surface area contributed by atoms with Gasteiger partial charge >= 0.3 is 0 Å². The van der Waals surface area contributed by atoms with E-state index in [1.54, 1.807) is 0 Å². The molecule has 1 fully saturated rings. The van der Waals surface area contributed by atoms with Crippen LogP contribution in [0.15, 0.2) is 29.4 Å². The Labute approximate surface area is 140 Å². The third kappa shape index (κ3) is 3.75. The summed E-state index contributed by atoms with van der Waals surface area (Å²) in [6.07, 6.45) is 3.25. The molecule has 0 radical (unpaired) electrons. The Bertz CT molecular complexity index is 661. The number of aryl methyl sites for hydroxylation is 1. The lowest BCUT2D eigenvalue weighted by molar-refractivity contribution is -0.129. The van der Waals surface area contributed by atoms with Gasteiger partial charge in [-0.25, -0.2) is 4.98 Å². The number of hydrogen-bond acceptors (Lipinski definition) is 4. The summed E-state index contributed by atoms with van der Waals surface area (Å²) in [6.45, 7) is 5.83. The van der Waals surface area contributed by atoms with E-state index in [0.29, 0.717) is 5.16 Å². The molecule has 2 aromatic rings. The molecule has 3 rings (SSSR count). The van der Waals surface area contributed by atoms with Gasteiger partial charge in [0, 0.05) is 18.7 Å². The van der Waals surface area contributed by atoms with Crippen molar-refractivity contribution in [3.05, 3.63) is 29.8 Å². The van der Waals surface area contributed by atoms with Gasteiger partial charge in [-0.3, -0.25) is 9.89 Å². The number of nitrogens with one attached hydrogen (secondary N) is 1. The van der Waals surface area contributed by atoms with Gasteiger partial charge < -0.3 is 4.90 Å². The zero-order valence-electron chi connectivity index (χ0n) is 13.6. The number of carbonyl (C=O) groups excluding carboxylic acids is 1. The lowest BCUT2D eigenvalue weighted by Gasteiger charge is -2.18. The number of carbonyl (C=O) groups is 1. The number of benzene rings is 1. The fraction of sp³-hybridized carbons (Fsp3) is 0.471. The normalized spacial score (nSPS) is 15.8. The van der Waals surface area contributed by atoms with Crippen molar-refractivity contribution >= 4 is 17.7 Å². The van der Waals surface area contributed by atoms with Crippen LogP contribution >= 0.6 is 11.8 Å². The lowest BCUT2D eigenvalue weighted by atomic mass is 10.1. The number of aromatic amines is 1. The molecule has 0 unspecified atom stereocenters. The third-order valence-electron chi connectivity index (χ3n) is 4.15. The van der Waals surface area contributed by atoms with Crippen molar-refractivity contribution < 1.29 is 4.79 Å². The van der Waals surface area contributed by atoms with Crippen molar-refractivity contribution in [3.8, 4) is 11.4 Å². The first kappa shape index (κ1) is 16.1. The van der Waals surface area contributed by atoms with Crippen LogP contribution in [-0.4, -0.2) is 44.3 Å². The first-order valence-electron chi connectivity index (χ1n) is 8.14. The van der Waals surface area contributed by atoms with E-state index in [-0.39, 0.29) is 11.2 Å². The molecule has 0 bridgehead atoms. The van der Waals surface area contributed by atoms with Crippen LogP contribution in [0.2, 0.25) is 0 Å². The van der Waals surface area contributed by atoms with E-state index in [9.17, 15) is 4.79 Å². The predicted octanol–water partition coefficient (Wildman–Crippen LogP) is 3.14. The Kier molecular flexibility index (Phi) is 5.00. The fourth-order valence-electron chi connectivity index (χ4n) is 2.73. The Balaban J connectivity index is 1.65. The maximum atomic E-state index is 12.3. The molecule has 1 N–H and O–H groups in total. The number of thioether (sulfide) groups is 1. The Morgan fingerprint density at radius 3 is 2.65 bits per heavy atom. The molecule has 1 amide bonds. The number of hydrogen-bond donors (Lipinski definition) is 1. The number of amides is 1. The summed E-state index contributed by atoms with van der Waals surface area (Å²) in [5.41, 5.74) is 2.31. The Morgan fingerprint density at radius 1 is 1.30 bits per heavy atom. The number of nitrogens with zero attached hydrogens (tertiary/aromatic N) is 3. The van der Waals surface area contributed by atoms with E-state index in [1.165, 1.54) is 17.3 Å². The van der Waals surface area contributed by atoms with Gasteiger partial charge in [0.25, 0.3) is 0 Å². The molecule has 1 atom stereocenters. The highest BCUT2D eigenvalue weighted by Crippen LogP contribution is 2.25. The standard InChI is InChI=1S/C17H22N4OS/c1-3-13-6-8-14(9-7-13)15-18-17(20-19-15)23-12(2)16(22)21-10-4-5-11-21/h6-9,12H,3-5,10-11H2,1-2H3,(H,18,19,20)/t12-/m1/s1. The molecule has 1 aromatic carbocycles. The van der Waals surface area contributed by atoms with Crippen molar-refractivity contribution in [2.45, 2.75) is 43.5 Å². The highest BCUT2D eigenvalue weighted by Gasteiger charge is 2.25. The number of likely N-dealkylation sites (tertiary alicyclic amines) is 1. The highest BCUT2D eigenvalue weighted by atomic mass is 32.2. The van der Waals surface area contributed by atoms with E-state index in [1.807, 2.05) is 24.0 Å². The maximum absolute atomic E-state index is 12.3. The minimum atomic E-state index is -0.154. The first-order chi connectivity index (χ1) is 11.2. The minimum absolute atomic E-state index is 0.154. The molecule has 23 heavy (non-hydrogen) atoms. The van der Waals surface area contributed by atoms with Crippen molar-refractivity contribution in [1.29, 1.82) is 0 Å². The third-order valence-corrected chi connectivity index (χ3v) is 5.10. The van der Waals surface area contributed by atoms with Gasteiger partial charge in [0.1, 0.15) is 0 Å². The van der Waals surface area contributed by atoms with Gasteiger partial charge in [0.15, 0.2) is 5.82 Å². The molecule has 5 nitrogen and oxygen atoms in total. The molecule has 0 spiro atoms. The summed E-state index contributed by atoms with van der Waals surface area (Å²) in [6, 6.07) is 8.30. The van der Waals surface area contributed by atoms with Crippen LogP contribution in [0.3, 0.4) is 0 Å². The van der Waals surface area contributed by atoms with E-state index in [2.05, 4.69) is 34.2 Å². The second-order valence-electron chi connectivity index (χ2n) is 5.81. The Morgan fingerprint density at radius 2 is 2.00 bits per heavy atom. The van der Waals surface area contributed by atoms with Crippen LogP contribution in [0.1, 0.15) is 32.3 Å². The molecule has 2 heterocycles. The zero-order chi connectivity index (χ0) is 16.2. The van der Waals surface area contributed by atoms with Crippen LogP contribution in [0, 0.1) is 0 Å². The maximum Gasteiger partial charge on any atom is 0.235 e. The summed E-state index contributed by atoms with van der Waals surface area (Å²) < 4.78 is 0. The van der Waals surface area contributed by atoms with Gasteiger partial charge in [-0.1, -0.05) is 43.0 Å². The quantitative estimate of drug-likeness (QED) is 0.856. The molecule has 1 aliphatic rings. The summed E-state index contributed by atoms with van der Waals surface area (Å²) in [5, 5.41) is 7.68. The van der Waals surface area contributed by atoms with E-state index in [0.717, 1.165) is 43.7 Å². The highest BCUT2D eigenvalue weighted by molar-refractivity contribution is 8.00. The lowest BCUT2D eigenvalue weighted by Crippen LogP contribution is -2.34. The molecule has 122 valence electrons. The van der Waals surface area contributed by atoms with Gasteiger partial charge in [-0.15, -0.1) is 5.10 Å². The van der Waals surface area contributed by atoms with Gasteiger partial charge in [0.05, 0.1) is 5.25 Å². The van der Waals surface area contributed by atoms with Crippen molar-refractivity contribution in [2.75, 3.05) is 13.1 Å². The van der Waals surface area contributed by atoms with E-state index < -0.39 is 0 Å². The zero-order valence-corrected chi connectivity index (χ0v) is 14.4. The molecule has 6 heteroatoms. The van der Waals surface area contributed by atoms with Crippen molar-refractivity contribution in [1.82, 2.24) is 20.1 Å². The fourth-order valence-corrected chi connectivity index (χ4v) is 3.54. The number of aromatic nitrogens is 3. The monoisotopic (exact) mass is 330 g/mol. The van der Waals surface area contributed by atoms with Crippen LogP contribution in [0.5, 0.6) is 0 Å². The summed E-state index contributed by atoms with van der Waals surface area (Å²) in [4.78, 5) is 18.8. The predicted molar refractivity (Wildman–Crippen MR) is 92.3 cm³/mol. The molecule has 0 aliphatic carbocycles. The van der Waals surface area contributed by atoms with Crippen molar-refractivity contribution in [2.24, 2.45) is 0 Å².